The van der Waals surface area contributed by atoms with Crippen molar-refractivity contribution in [1.82, 2.24) is 5.32 Å². The molecule has 0 aromatic heterocycles. The van der Waals surface area contributed by atoms with Crippen molar-refractivity contribution in [2.45, 2.75) is 26.3 Å². The van der Waals surface area contributed by atoms with Gasteiger partial charge in [-0.05, 0) is 50.6 Å². The molecule has 1 N–H and O–H groups in total. The SMILES string of the molecule is Cc1ccc(C(=O)NC(C)(C)c2ccc(F)cc2)cc1. The van der Waals surface area contributed by atoms with E-state index in [1.165, 1.54) is 12.1 Å². The van der Waals surface area contributed by atoms with Crippen molar-refractivity contribution < 1.29 is 9.18 Å². The number of hydrogen-bond donors (Lipinski definition) is 1. The monoisotopic (exact) mass is 271 g/mol. The smallest absolute Gasteiger partial charge is 0.251 e. The Bertz CT molecular complexity index is 600. The van der Waals surface area contributed by atoms with E-state index in [4.69, 9.17) is 0 Å². The molecule has 0 spiro atoms. The molecule has 0 aliphatic rings. The fraction of sp³-hybridized carbons (Fsp3) is 0.235. The molecule has 1 amide bonds. The van der Waals surface area contributed by atoms with Gasteiger partial charge in [0.1, 0.15) is 5.82 Å². The lowest BCUT2D eigenvalue weighted by Crippen LogP contribution is -2.40. The van der Waals surface area contributed by atoms with E-state index < -0.39 is 5.54 Å². The Morgan fingerprint density at radius 2 is 1.55 bits per heavy atom. The highest BCUT2D eigenvalue weighted by atomic mass is 19.1. The molecule has 0 aliphatic heterocycles. The Labute approximate surface area is 118 Å². The van der Waals surface area contributed by atoms with Crippen LogP contribution in [-0.4, -0.2) is 5.91 Å². The highest BCUT2D eigenvalue weighted by Gasteiger charge is 2.23. The van der Waals surface area contributed by atoms with E-state index in [1.54, 1.807) is 24.3 Å². The molecule has 104 valence electrons. The standard InChI is InChI=1S/C17H18FNO/c1-12-4-6-13(7-5-12)16(20)19-17(2,3)14-8-10-15(18)11-9-14/h4-11H,1-3H3,(H,19,20). The average Bonchev–Trinajstić information content (AvgIpc) is 2.39. The summed E-state index contributed by atoms with van der Waals surface area (Å²) in [6.45, 7) is 5.77. The van der Waals surface area contributed by atoms with Gasteiger partial charge in [-0.15, -0.1) is 0 Å². The lowest BCUT2D eigenvalue weighted by Gasteiger charge is -2.27. The number of carbonyl (C=O) groups is 1. The molecule has 0 unspecified atom stereocenters. The summed E-state index contributed by atoms with van der Waals surface area (Å²) in [7, 11) is 0. The molecule has 2 nitrogen and oxygen atoms in total. The van der Waals surface area contributed by atoms with Crippen LogP contribution in [-0.2, 0) is 5.54 Å². The van der Waals surface area contributed by atoms with Crippen LogP contribution < -0.4 is 5.32 Å². The topological polar surface area (TPSA) is 29.1 Å². The van der Waals surface area contributed by atoms with Gasteiger partial charge in [0.15, 0.2) is 0 Å². The minimum Gasteiger partial charge on any atom is -0.343 e. The predicted molar refractivity (Wildman–Crippen MR) is 78.1 cm³/mol. The molecule has 0 aliphatic carbocycles. The van der Waals surface area contributed by atoms with Gasteiger partial charge in [-0.25, -0.2) is 4.39 Å². The van der Waals surface area contributed by atoms with Crippen LogP contribution in [0.2, 0.25) is 0 Å². The van der Waals surface area contributed by atoms with E-state index in [9.17, 15) is 9.18 Å². The van der Waals surface area contributed by atoms with Crippen molar-refractivity contribution in [2.24, 2.45) is 0 Å². The summed E-state index contributed by atoms with van der Waals surface area (Å²) in [5, 5.41) is 2.97. The summed E-state index contributed by atoms with van der Waals surface area (Å²) < 4.78 is 13.0. The maximum absolute atomic E-state index is 13.0. The van der Waals surface area contributed by atoms with E-state index in [2.05, 4.69) is 5.32 Å². The summed E-state index contributed by atoms with van der Waals surface area (Å²) in [5.74, 6) is -0.422. The Balaban J connectivity index is 2.17. The van der Waals surface area contributed by atoms with Crippen molar-refractivity contribution in [3.63, 3.8) is 0 Å². The molecule has 0 fully saturated rings. The van der Waals surface area contributed by atoms with Crippen LogP contribution in [0.25, 0.3) is 0 Å². The van der Waals surface area contributed by atoms with Crippen LogP contribution in [0.15, 0.2) is 48.5 Å². The van der Waals surface area contributed by atoms with Gasteiger partial charge in [-0.2, -0.15) is 0 Å². The van der Waals surface area contributed by atoms with E-state index in [-0.39, 0.29) is 11.7 Å². The second-order valence-corrected chi connectivity index (χ2v) is 5.45. The zero-order valence-corrected chi connectivity index (χ0v) is 11.9. The van der Waals surface area contributed by atoms with Crippen LogP contribution in [0.5, 0.6) is 0 Å². The first kappa shape index (κ1) is 14.3. The molecule has 0 heterocycles. The van der Waals surface area contributed by atoms with Crippen molar-refractivity contribution in [2.75, 3.05) is 0 Å². The van der Waals surface area contributed by atoms with Crippen LogP contribution in [0, 0.1) is 12.7 Å². The quantitative estimate of drug-likeness (QED) is 0.904. The zero-order chi connectivity index (χ0) is 14.8. The van der Waals surface area contributed by atoms with E-state index in [0.717, 1.165) is 11.1 Å². The van der Waals surface area contributed by atoms with Crippen LogP contribution in [0.4, 0.5) is 4.39 Å². The number of amides is 1. The Kier molecular flexibility index (Phi) is 3.89. The first-order valence-corrected chi connectivity index (χ1v) is 6.54. The maximum Gasteiger partial charge on any atom is 0.251 e. The minimum atomic E-state index is -0.560. The normalized spacial score (nSPS) is 11.2. The molecule has 0 saturated carbocycles. The summed E-state index contributed by atoms with van der Waals surface area (Å²) in [5.41, 5.74) is 2.03. The minimum absolute atomic E-state index is 0.140. The molecular weight excluding hydrogens is 253 g/mol. The highest BCUT2D eigenvalue weighted by Crippen LogP contribution is 2.21. The molecule has 0 bridgehead atoms. The summed E-state index contributed by atoms with van der Waals surface area (Å²) in [4.78, 5) is 12.2. The van der Waals surface area contributed by atoms with Gasteiger partial charge in [0.05, 0.1) is 5.54 Å². The first-order chi connectivity index (χ1) is 9.38. The first-order valence-electron chi connectivity index (χ1n) is 6.54. The number of aryl methyl sites for hydroxylation is 1. The number of benzene rings is 2. The summed E-state index contributed by atoms with van der Waals surface area (Å²) in [6.07, 6.45) is 0. The molecule has 2 rings (SSSR count). The second-order valence-electron chi connectivity index (χ2n) is 5.45. The van der Waals surface area contributed by atoms with Gasteiger partial charge in [0.2, 0.25) is 0 Å². The van der Waals surface area contributed by atoms with Crippen molar-refractivity contribution in [3.8, 4) is 0 Å². The van der Waals surface area contributed by atoms with Gasteiger partial charge >= 0.3 is 0 Å². The number of nitrogens with one attached hydrogen (secondary N) is 1. The largest absolute Gasteiger partial charge is 0.343 e. The second kappa shape index (κ2) is 5.45. The van der Waals surface area contributed by atoms with Gasteiger partial charge in [-0.1, -0.05) is 29.8 Å². The molecule has 20 heavy (non-hydrogen) atoms. The Morgan fingerprint density at radius 1 is 1.00 bits per heavy atom. The van der Waals surface area contributed by atoms with Crippen LogP contribution >= 0.6 is 0 Å². The van der Waals surface area contributed by atoms with E-state index in [1.807, 2.05) is 32.9 Å². The molecule has 2 aromatic carbocycles. The summed E-state index contributed by atoms with van der Waals surface area (Å²) in [6, 6.07) is 13.6. The van der Waals surface area contributed by atoms with Crippen molar-refractivity contribution >= 4 is 5.91 Å². The number of halogens is 1. The number of carbonyl (C=O) groups excluding carboxylic acids is 1. The van der Waals surface area contributed by atoms with Gasteiger partial charge < -0.3 is 5.32 Å². The van der Waals surface area contributed by atoms with Gasteiger partial charge in [0.25, 0.3) is 5.91 Å². The highest BCUT2D eigenvalue weighted by molar-refractivity contribution is 5.94. The lowest BCUT2D eigenvalue weighted by molar-refractivity contribution is 0.0912. The molecule has 0 saturated heterocycles. The fourth-order valence-electron chi connectivity index (χ4n) is 2.00. The zero-order valence-electron chi connectivity index (χ0n) is 11.9. The van der Waals surface area contributed by atoms with Crippen LogP contribution in [0.1, 0.15) is 35.3 Å². The third-order valence-electron chi connectivity index (χ3n) is 3.31. The third kappa shape index (κ3) is 3.23. The van der Waals surface area contributed by atoms with E-state index >= 15 is 0 Å². The van der Waals surface area contributed by atoms with Crippen molar-refractivity contribution in [3.05, 3.63) is 71.0 Å². The maximum atomic E-state index is 13.0. The van der Waals surface area contributed by atoms with E-state index in [0.29, 0.717) is 5.56 Å². The Morgan fingerprint density at radius 3 is 2.10 bits per heavy atom. The summed E-state index contributed by atoms with van der Waals surface area (Å²) >= 11 is 0. The third-order valence-corrected chi connectivity index (χ3v) is 3.31. The molecule has 0 radical (unpaired) electrons. The van der Waals surface area contributed by atoms with Crippen molar-refractivity contribution in [1.29, 1.82) is 0 Å². The van der Waals surface area contributed by atoms with Gasteiger partial charge in [0, 0.05) is 5.56 Å². The van der Waals surface area contributed by atoms with Gasteiger partial charge in [-0.3, -0.25) is 4.79 Å². The lowest BCUT2D eigenvalue weighted by atomic mass is 9.94. The average molecular weight is 271 g/mol. The fourth-order valence-corrected chi connectivity index (χ4v) is 2.00. The molecular formula is C17H18FNO. The number of rotatable bonds is 3. The molecule has 0 atom stereocenters. The molecule has 2 aromatic rings. The number of hydrogen-bond acceptors (Lipinski definition) is 1. The predicted octanol–water partition coefficient (Wildman–Crippen LogP) is 3.80. The molecule has 3 heteroatoms. The van der Waals surface area contributed by atoms with Crippen LogP contribution in [0.3, 0.4) is 0 Å². The Hall–Kier alpha value is -2.16.